The van der Waals surface area contributed by atoms with Gasteiger partial charge < -0.3 is 4.74 Å². The molecule has 0 aliphatic carbocycles. The highest BCUT2D eigenvalue weighted by Gasteiger charge is 2.96. The highest BCUT2D eigenvalue weighted by atomic mass is 32.3. The van der Waals surface area contributed by atoms with Crippen LogP contribution in [0.4, 0.5) is 74.6 Å². The summed E-state index contributed by atoms with van der Waals surface area (Å²) in [7, 11) is -11.9. The van der Waals surface area contributed by atoms with Gasteiger partial charge >= 0.3 is 57.1 Å². The van der Waals surface area contributed by atoms with Crippen molar-refractivity contribution in [2.75, 3.05) is 11.5 Å². The third-order valence-electron chi connectivity index (χ3n) is 7.93. The van der Waals surface area contributed by atoms with Crippen LogP contribution in [-0.4, -0.2) is 73.0 Å². The summed E-state index contributed by atoms with van der Waals surface area (Å²) in [4.78, 5) is -0.322. The zero-order valence-electron chi connectivity index (χ0n) is 25.2. The SMILES string of the molecule is O=S(=O)(OS1(c2cccc3ccccc23)CCC(OCc2ccccc2)C1)C(F)(F)C(F)(F)C(F)(F)C(F)(F)C(F)(F)C(F)(F)C(F)(F)C(F)(F)F. The maximum Gasteiger partial charge on any atom is 0.460 e. The largest absolute Gasteiger partial charge is 0.460 e. The van der Waals surface area contributed by atoms with Crippen LogP contribution in [0.1, 0.15) is 12.0 Å². The maximum atomic E-state index is 15.2. The van der Waals surface area contributed by atoms with Gasteiger partial charge in [0.1, 0.15) is 0 Å². The van der Waals surface area contributed by atoms with Gasteiger partial charge in [0.25, 0.3) is 0 Å². The van der Waals surface area contributed by atoms with Crippen molar-refractivity contribution in [1.29, 1.82) is 0 Å². The van der Waals surface area contributed by atoms with E-state index in [0.29, 0.717) is 5.56 Å². The zero-order chi connectivity index (χ0) is 39.6. The summed E-state index contributed by atoms with van der Waals surface area (Å²) in [6.07, 6.45) is -9.37. The lowest BCUT2D eigenvalue weighted by atomic mass is 9.91. The van der Waals surface area contributed by atoms with Crippen molar-refractivity contribution < 1.29 is 91.4 Å². The summed E-state index contributed by atoms with van der Waals surface area (Å²) in [5, 5.41) is -7.54. The number of hydrogen-bond acceptors (Lipinski definition) is 4. The van der Waals surface area contributed by atoms with Crippen molar-refractivity contribution in [3.05, 3.63) is 78.4 Å². The van der Waals surface area contributed by atoms with Crippen LogP contribution in [0, 0.1) is 0 Å². The van der Waals surface area contributed by atoms with E-state index in [4.69, 9.17) is 4.74 Å². The number of hydrogen-bond donors (Lipinski definition) is 0. The minimum absolute atomic E-state index is 0.0123. The Morgan fingerprint density at radius 3 is 1.63 bits per heavy atom. The van der Waals surface area contributed by atoms with Crippen LogP contribution in [0.15, 0.2) is 77.7 Å². The predicted octanol–water partition coefficient (Wildman–Crippen LogP) is 10.2. The lowest BCUT2D eigenvalue weighted by Crippen LogP contribution is -2.75. The second-order valence-electron chi connectivity index (χ2n) is 11.4. The minimum atomic E-state index is -8.94. The molecule has 1 saturated heterocycles. The van der Waals surface area contributed by atoms with Crippen molar-refractivity contribution in [2.24, 2.45) is 0 Å². The molecule has 292 valence electrons. The molecular formula is C29H21F17O4S2. The number of ether oxygens (including phenoxy) is 1. The van der Waals surface area contributed by atoms with Crippen LogP contribution in [0.5, 0.6) is 0 Å². The standard InChI is InChI=1S/C29H21F17O4S2/c30-22(31,24(34,35)26(38,39)28(42,43)44)23(32,33)25(36,37)27(40,41)29(45,46)52(47,48)50-51(21-12-6-10-18-9-4-5-11-20(18)21)14-13-19(16-51)49-15-17-7-2-1-3-8-17/h1-12,19H,13-16H2. The molecule has 2 unspecified atom stereocenters. The summed E-state index contributed by atoms with van der Waals surface area (Å²) < 4.78 is 272. The molecule has 4 nitrogen and oxygen atoms in total. The summed E-state index contributed by atoms with van der Waals surface area (Å²) in [6.45, 7) is -0.217. The topological polar surface area (TPSA) is 52.6 Å². The van der Waals surface area contributed by atoms with Crippen molar-refractivity contribution >= 4 is 31.2 Å². The van der Waals surface area contributed by atoms with E-state index in [0.717, 1.165) is 6.07 Å². The lowest BCUT2D eigenvalue weighted by Gasteiger charge is -2.43. The molecule has 23 heteroatoms. The Balaban J connectivity index is 1.79. The number of benzene rings is 3. The van der Waals surface area contributed by atoms with Crippen LogP contribution in [-0.2, 0) is 25.1 Å². The molecule has 2 atom stereocenters. The van der Waals surface area contributed by atoms with Gasteiger partial charge in [0.05, 0.1) is 12.7 Å². The molecule has 4 rings (SSSR count). The number of alkyl halides is 17. The smallest absolute Gasteiger partial charge is 0.373 e. The van der Waals surface area contributed by atoms with E-state index >= 15 is 8.78 Å². The predicted molar refractivity (Wildman–Crippen MR) is 150 cm³/mol. The van der Waals surface area contributed by atoms with Gasteiger partial charge in [-0.15, -0.1) is 0 Å². The zero-order valence-corrected chi connectivity index (χ0v) is 26.8. The molecule has 0 saturated carbocycles. The molecule has 0 N–H and O–H groups in total. The number of halogens is 17. The van der Waals surface area contributed by atoms with Crippen LogP contribution in [0.25, 0.3) is 10.8 Å². The third-order valence-corrected chi connectivity index (χ3v) is 13.5. The summed E-state index contributed by atoms with van der Waals surface area (Å²) in [5.74, 6) is -53.7. The Labute approximate surface area is 283 Å². The molecule has 3 aromatic carbocycles. The molecule has 0 radical (unpaired) electrons. The molecule has 52 heavy (non-hydrogen) atoms. The first kappa shape index (κ1) is 41.7. The summed E-state index contributed by atoms with van der Waals surface area (Å²) in [6, 6.07) is 16.9. The first-order valence-corrected chi connectivity index (χ1v) is 17.3. The third kappa shape index (κ3) is 6.25. The monoisotopic (exact) mass is 820 g/mol. The van der Waals surface area contributed by atoms with Gasteiger partial charge in [-0.3, -0.25) is 0 Å². The minimum Gasteiger partial charge on any atom is -0.373 e. The Kier molecular flexibility index (Phi) is 10.5. The van der Waals surface area contributed by atoms with E-state index in [9.17, 15) is 74.3 Å². The van der Waals surface area contributed by atoms with Crippen molar-refractivity contribution in [3.8, 4) is 0 Å². The number of rotatable bonds is 13. The van der Waals surface area contributed by atoms with Crippen LogP contribution < -0.4 is 0 Å². The normalized spacial score (nSPS) is 21.7. The van der Waals surface area contributed by atoms with Crippen molar-refractivity contribution in [3.63, 3.8) is 0 Å². The molecule has 1 aliphatic rings. The molecule has 1 aliphatic heterocycles. The van der Waals surface area contributed by atoms with Crippen LogP contribution in [0.3, 0.4) is 0 Å². The highest BCUT2D eigenvalue weighted by Crippen LogP contribution is 2.68. The Hall–Kier alpha value is -3.05. The first-order valence-electron chi connectivity index (χ1n) is 14.0. The second-order valence-corrected chi connectivity index (χ2v) is 16.1. The Bertz CT molecular complexity index is 1860. The average Bonchev–Trinajstić information content (AvgIpc) is 3.45. The molecule has 0 aromatic heterocycles. The quantitative estimate of drug-likeness (QED) is 0.161. The highest BCUT2D eigenvalue weighted by molar-refractivity contribution is 8.33. The van der Waals surface area contributed by atoms with Gasteiger partial charge in [0.15, 0.2) is 0 Å². The fourth-order valence-corrected chi connectivity index (χ4v) is 11.0. The van der Waals surface area contributed by atoms with Gasteiger partial charge in [0.2, 0.25) is 0 Å². The van der Waals surface area contributed by atoms with Crippen LogP contribution in [0.2, 0.25) is 0 Å². The van der Waals surface area contributed by atoms with Gasteiger partial charge in [-0.2, -0.15) is 83.1 Å². The van der Waals surface area contributed by atoms with E-state index in [1.807, 2.05) is 0 Å². The molecule has 0 bridgehead atoms. The van der Waals surface area contributed by atoms with E-state index in [2.05, 4.69) is 3.63 Å². The van der Waals surface area contributed by atoms with E-state index < -0.39 is 85.0 Å². The van der Waals surface area contributed by atoms with Crippen LogP contribution >= 0.6 is 10.3 Å². The Morgan fingerprint density at radius 1 is 0.596 bits per heavy atom. The lowest BCUT2D eigenvalue weighted by molar-refractivity contribution is -0.458. The Morgan fingerprint density at radius 2 is 1.08 bits per heavy atom. The molecule has 1 fully saturated rings. The molecule has 0 spiro atoms. The van der Waals surface area contributed by atoms with Crippen molar-refractivity contribution in [1.82, 2.24) is 0 Å². The van der Waals surface area contributed by atoms with E-state index in [-0.39, 0.29) is 28.7 Å². The molecule has 3 aromatic rings. The van der Waals surface area contributed by atoms with Gasteiger partial charge in [-0.05, 0) is 28.8 Å². The number of fused-ring (bicyclic) bond motifs is 1. The molecule has 1 heterocycles. The average molecular weight is 821 g/mol. The van der Waals surface area contributed by atoms with E-state index in [1.54, 1.807) is 30.3 Å². The van der Waals surface area contributed by atoms with Gasteiger partial charge in [-0.1, -0.05) is 77.0 Å². The molecular weight excluding hydrogens is 799 g/mol. The second kappa shape index (κ2) is 13.1. The fraction of sp³-hybridized carbons (Fsp3) is 0.448. The first-order chi connectivity index (χ1) is 23.5. The van der Waals surface area contributed by atoms with Gasteiger partial charge in [0, 0.05) is 16.4 Å². The fourth-order valence-electron chi connectivity index (χ4n) is 5.05. The summed E-state index contributed by atoms with van der Waals surface area (Å²) >= 11 is 0. The van der Waals surface area contributed by atoms with Crippen molar-refractivity contribution in [2.45, 2.75) is 71.0 Å². The van der Waals surface area contributed by atoms with E-state index in [1.165, 1.54) is 36.4 Å². The summed E-state index contributed by atoms with van der Waals surface area (Å²) in [5.41, 5.74) is 0.512. The maximum absolute atomic E-state index is 15.2. The van der Waals surface area contributed by atoms with Gasteiger partial charge in [-0.25, -0.2) is 3.63 Å². The molecule has 0 amide bonds.